The fraction of sp³-hybridized carbons (Fsp3) is 0.600. The van der Waals surface area contributed by atoms with E-state index in [-0.39, 0.29) is 18.0 Å². The van der Waals surface area contributed by atoms with Crippen molar-refractivity contribution in [3.63, 3.8) is 0 Å². The number of benzene rings is 1. The number of piperidine rings is 1. The van der Waals surface area contributed by atoms with Crippen molar-refractivity contribution < 1.29 is 9.50 Å². The lowest BCUT2D eigenvalue weighted by molar-refractivity contribution is 0.0687. The summed E-state index contributed by atoms with van der Waals surface area (Å²) in [7, 11) is 1.90. The number of likely N-dealkylation sites (tertiary alicyclic amines) is 1. The second-order valence-electron chi connectivity index (χ2n) is 5.28. The van der Waals surface area contributed by atoms with Crippen LogP contribution in [0.15, 0.2) is 24.3 Å². The summed E-state index contributed by atoms with van der Waals surface area (Å²) in [5, 5.41) is 12.9. The zero-order valence-corrected chi connectivity index (χ0v) is 11.5. The molecule has 2 N–H and O–H groups in total. The van der Waals surface area contributed by atoms with Gasteiger partial charge < -0.3 is 15.3 Å². The monoisotopic (exact) mass is 266 g/mol. The molecule has 1 heterocycles. The summed E-state index contributed by atoms with van der Waals surface area (Å²) >= 11 is 0. The summed E-state index contributed by atoms with van der Waals surface area (Å²) in [6, 6.07) is 6.92. The highest BCUT2D eigenvalue weighted by atomic mass is 19.1. The Kier molecular flexibility index (Phi) is 5.31. The molecule has 1 aliphatic rings. The van der Waals surface area contributed by atoms with Crippen LogP contribution in [-0.4, -0.2) is 42.8 Å². The average Bonchev–Trinajstić information content (AvgIpc) is 2.40. The van der Waals surface area contributed by atoms with Crippen molar-refractivity contribution in [2.45, 2.75) is 31.4 Å². The molecule has 2 rings (SSSR count). The fourth-order valence-corrected chi connectivity index (χ4v) is 2.75. The predicted molar refractivity (Wildman–Crippen MR) is 74.5 cm³/mol. The Morgan fingerprint density at radius 3 is 3.05 bits per heavy atom. The molecule has 19 heavy (non-hydrogen) atoms. The number of hydrogen-bond donors (Lipinski definition) is 2. The highest BCUT2D eigenvalue weighted by molar-refractivity contribution is 5.20. The largest absolute Gasteiger partial charge is 0.392 e. The van der Waals surface area contributed by atoms with E-state index in [9.17, 15) is 9.50 Å². The zero-order chi connectivity index (χ0) is 13.7. The van der Waals surface area contributed by atoms with Crippen LogP contribution in [0.2, 0.25) is 0 Å². The molecule has 2 unspecified atom stereocenters. The van der Waals surface area contributed by atoms with Crippen LogP contribution in [-0.2, 0) is 0 Å². The Labute approximate surface area is 114 Å². The Morgan fingerprint density at radius 2 is 2.37 bits per heavy atom. The number of hydrogen-bond acceptors (Lipinski definition) is 3. The van der Waals surface area contributed by atoms with Gasteiger partial charge in [0.1, 0.15) is 5.82 Å². The van der Waals surface area contributed by atoms with Gasteiger partial charge in [0.25, 0.3) is 0 Å². The number of rotatable bonds is 5. The maximum atomic E-state index is 13.2. The molecule has 1 aromatic carbocycles. The van der Waals surface area contributed by atoms with Gasteiger partial charge in [0.2, 0.25) is 0 Å². The molecule has 0 bridgehead atoms. The normalized spacial score (nSPS) is 22.4. The third-order valence-electron chi connectivity index (χ3n) is 3.81. The van der Waals surface area contributed by atoms with Crippen molar-refractivity contribution in [3.8, 4) is 0 Å². The van der Waals surface area contributed by atoms with Gasteiger partial charge in [-0.1, -0.05) is 12.1 Å². The molecule has 1 aliphatic heterocycles. The third kappa shape index (κ3) is 4.27. The summed E-state index contributed by atoms with van der Waals surface area (Å²) in [5.74, 6) is -0.189. The predicted octanol–water partition coefficient (Wildman–Crippen LogP) is 1.93. The molecule has 106 valence electrons. The van der Waals surface area contributed by atoms with E-state index >= 15 is 0 Å². The molecule has 0 amide bonds. The maximum Gasteiger partial charge on any atom is 0.123 e. The summed E-state index contributed by atoms with van der Waals surface area (Å²) in [4.78, 5) is 2.29. The van der Waals surface area contributed by atoms with Gasteiger partial charge in [0, 0.05) is 19.1 Å². The second kappa shape index (κ2) is 6.98. The van der Waals surface area contributed by atoms with Crippen LogP contribution in [0.4, 0.5) is 4.39 Å². The van der Waals surface area contributed by atoms with E-state index in [0.717, 1.165) is 44.5 Å². The van der Waals surface area contributed by atoms with Crippen LogP contribution in [0.25, 0.3) is 0 Å². The third-order valence-corrected chi connectivity index (χ3v) is 3.81. The molecular weight excluding hydrogens is 243 g/mol. The zero-order valence-electron chi connectivity index (χ0n) is 11.5. The Bertz CT molecular complexity index is 399. The van der Waals surface area contributed by atoms with Gasteiger partial charge >= 0.3 is 0 Å². The molecule has 0 radical (unpaired) electrons. The summed E-state index contributed by atoms with van der Waals surface area (Å²) in [5.41, 5.74) is 0.986. The van der Waals surface area contributed by atoms with Gasteiger partial charge in [-0.25, -0.2) is 4.39 Å². The number of aliphatic hydroxyl groups excluding tert-OH is 1. The highest BCUT2D eigenvalue weighted by Gasteiger charge is 2.19. The molecule has 0 aromatic heterocycles. The molecule has 4 heteroatoms. The molecule has 0 spiro atoms. The van der Waals surface area contributed by atoms with Gasteiger partial charge in [0.15, 0.2) is 0 Å². The summed E-state index contributed by atoms with van der Waals surface area (Å²) in [6.45, 7) is 2.75. The molecular formula is C15H23FN2O. The average molecular weight is 266 g/mol. The topological polar surface area (TPSA) is 35.5 Å². The van der Waals surface area contributed by atoms with Crippen LogP contribution in [0, 0.1) is 5.82 Å². The van der Waals surface area contributed by atoms with Gasteiger partial charge in [-0.15, -0.1) is 0 Å². The molecule has 0 aliphatic carbocycles. The number of β-amino-alcohol motifs (C(OH)–C–C–N with tert-alkyl or cyclic N) is 1. The first kappa shape index (κ1) is 14.4. The first-order chi connectivity index (χ1) is 9.19. The molecule has 0 saturated carbocycles. The molecule has 1 saturated heterocycles. The van der Waals surface area contributed by atoms with Gasteiger partial charge in [-0.3, -0.25) is 0 Å². The minimum atomic E-state index is -0.189. The van der Waals surface area contributed by atoms with E-state index in [2.05, 4.69) is 10.2 Å². The Hall–Kier alpha value is -0.970. The van der Waals surface area contributed by atoms with E-state index in [1.54, 1.807) is 12.1 Å². The lowest BCUT2D eigenvalue weighted by atomic mass is 10.0. The van der Waals surface area contributed by atoms with Gasteiger partial charge in [-0.2, -0.15) is 0 Å². The van der Waals surface area contributed by atoms with Crippen molar-refractivity contribution in [2.24, 2.45) is 0 Å². The van der Waals surface area contributed by atoms with Crippen LogP contribution >= 0.6 is 0 Å². The highest BCUT2D eigenvalue weighted by Crippen LogP contribution is 2.19. The SMILES string of the molecule is CNC(CCN1CCCC(O)C1)c1cccc(F)c1. The minimum absolute atomic E-state index is 0.162. The van der Waals surface area contributed by atoms with Crippen molar-refractivity contribution in [1.82, 2.24) is 10.2 Å². The Balaban J connectivity index is 1.89. The standard InChI is InChI=1S/C15H23FN2O/c1-17-15(12-4-2-5-13(16)10-12)7-9-18-8-3-6-14(19)11-18/h2,4-5,10,14-15,17,19H,3,6-9,11H2,1H3. The van der Waals surface area contributed by atoms with E-state index in [4.69, 9.17) is 0 Å². The second-order valence-corrected chi connectivity index (χ2v) is 5.28. The maximum absolute atomic E-state index is 13.2. The molecule has 3 nitrogen and oxygen atoms in total. The first-order valence-corrected chi connectivity index (χ1v) is 7.02. The first-order valence-electron chi connectivity index (χ1n) is 7.02. The van der Waals surface area contributed by atoms with Crippen molar-refractivity contribution in [2.75, 3.05) is 26.7 Å². The number of nitrogens with zero attached hydrogens (tertiary/aromatic N) is 1. The van der Waals surface area contributed by atoms with E-state index in [1.807, 2.05) is 13.1 Å². The minimum Gasteiger partial charge on any atom is -0.392 e. The lowest BCUT2D eigenvalue weighted by Crippen LogP contribution is -2.39. The lowest BCUT2D eigenvalue weighted by Gasteiger charge is -2.31. The molecule has 2 atom stereocenters. The van der Waals surface area contributed by atoms with Gasteiger partial charge in [-0.05, 0) is 50.6 Å². The van der Waals surface area contributed by atoms with E-state index in [0.29, 0.717) is 0 Å². The van der Waals surface area contributed by atoms with Crippen LogP contribution in [0.5, 0.6) is 0 Å². The van der Waals surface area contributed by atoms with Crippen LogP contribution < -0.4 is 5.32 Å². The number of aliphatic hydroxyl groups is 1. The number of halogens is 1. The van der Waals surface area contributed by atoms with Crippen LogP contribution in [0.3, 0.4) is 0 Å². The van der Waals surface area contributed by atoms with Crippen LogP contribution in [0.1, 0.15) is 30.9 Å². The fourth-order valence-electron chi connectivity index (χ4n) is 2.75. The van der Waals surface area contributed by atoms with Gasteiger partial charge in [0.05, 0.1) is 6.10 Å². The smallest absolute Gasteiger partial charge is 0.123 e. The van der Waals surface area contributed by atoms with Crippen molar-refractivity contribution in [3.05, 3.63) is 35.6 Å². The van der Waals surface area contributed by atoms with Crippen molar-refractivity contribution in [1.29, 1.82) is 0 Å². The summed E-state index contributed by atoms with van der Waals surface area (Å²) in [6.07, 6.45) is 2.71. The van der Waals surface area contributed by atoms with E-state index in [1.165, 1.54) is 6.07 Å². The molecule has 1 aromatic rings. The van der Waals surface area contributed by atoms with E-state index < -0.39 is 0 Å². The summed E-state index contributed by atoms with van der Waals surface area (Å²) < 4.78 is 13.2. The molecule has 1 fully saturated rings. The van der Waals surface area contributed by atoms with Crippen molar-refractivity contribution >= 4 is 0 Å². The quantitative estimate of drug-likeness (QED) is 0.855. The Morgan fingerprint density at radius 1 is 1.53 bits per heavy atom. The number of nitrogens with one attached hydrogen (secondary N) is 1.